The van der Waals surface area contributed by atoms with E-state index in [-0.39, 0.29) is 23.0 Å². The quantitative estimate of drug-likeness (QED) is 0.667. The number of thioether (sulfide) groups is 1. The smallest absolute Gasteiger partial charge is 0.344 e. The third-order valence-electron chi connectivity index (χ3n) is 4.32. The molecule has 7 nitrogen and oxygen atoms in total. The van der Waals surface area contributed by atoms with Crippen molar-refractivity contribution >= 4 is 34.8 Å². The Morgan fingerprint density at radius 1 is 1.10 bits per heavy atom. The van der Waals surface area contributed by atoms with E-state index in [1.54, 1.807) is 68.6 Å². The highest BCUT2D eigenvalue weighted by Crippen LogP contribution is 2.40. The molecular formula is C23H21NO6S. The van der Waals surface area contributed by atoms with Crippen molar-refractivity contribution in [1.29, 1.82) is 0 Å². The zero-order chi connectivity index (χ0) is 22.4. The van der Waals surface area contributed by atoms with Crippen molar-refractivity contribution < 1.29 is 28.9 Å². The first-order valence-electron chi connectivity index (χ1n) is 9.39. The molecule has 8 heteroatoms. The van der Waals surface area contributed by atoms with Crippen LogP contribution >= 0.6 is 11.8 Å². The Kier molecular flexibility index (Phi) is 7.15. The first kappa shape index (κ1) is 22.2. The first-order chi connectivity index (χ1) is 15.0. The highest BCUT2D eigenvalue weighted by atomic mass is 32.2. The molecule has 160 valence electrons. The minimum absolute atomic E-state index is 0.0675. The summed E-state index contributed by atoms with van der Waals surface area (Å²) < 4.78 is 15.7. The monoisotopic (exact) mass is 439 g/mol. The van der Waals surface area contributed by atoms with Gasteiger partial charge in [-0.2, -0.15) is 0 Å². The summed E-state index contributed by atoms with van der Waals surface area (Å²) in [7, 11) is 3.07. The van der Waals surface area contributed by atoms with Crippen LogP contribution in [0.25, 0.3) is 6.08 Å². The summed E-state index contributed by atoms with van der Waals surface area (Å²) in [4.78, 5) is 29.5. The topological polar surface area (TPSA) is 94.4 Å². The van der Waals surface area contributed by atoms with Crippen LogP contribution in [0.1, 0.15) is 22.8 Å². The number of amides is 1. The van der Waals surface area contributed by atoms with Crippen molar-refractivity contribution in [3.63, 3.8) is 0 Å². The van der Waals surface area contributed by atoms with Gasteiger partial charge in [0.05, 0.1) is 25.7 Å². The van der Waals surface area contributed by atoms with E-state index in [0.717, 1.165) is 11.8 Å². The van der Waals surface area contributed by atoms with Gasteiger partial charge < -0.3 is 19.3 Å². The summed E-state index contributed by atoms with van der Waals surface area (Å²) in [5, 5.41) is 10.8. The van der Waals surface area contributed by atoms with Crippen LogP contribution in [0.3, 0.4) is 0 Å². The molecule has 2 aromatic carbocycles. The van der Waals surface area contributed by atoms with Crippen LogP contribution in [0.15, 0.2) is 69.8 Å². The van der Waals surface area contributed by atoms with Gasteiger partial charge in [0.1, 0.15) is 27.9 Å². The van der Waals surface area contributed by atoms with Crippen molar-refractivity contribution in [3.8, 4) is 11.5 Å². The molecule has 0 unspecified atom stereocenters. The van der Waals surface area contributed by atoms with E-state index in [4.69, 9.17) is 14.2 Å². The van der Waals surface area contributed by atoms with Crippen LogP contribution in [0.4, 0.5) is 0 Å². The number of aliphatic imine (C=N–C) groups is 1. The molecule has 0 fully saturated rings. The van der Waals surface area contributed by atoms with Gasteiger partial charge in [-0.3, -0.25) is 4.79 Å². The van der Waals surface area contributed by atoms with Crippen LogP contribution in [0, 0.1) is 0 Å². The fourth-order valence-corrected chi connectivity index (χ4v) is 3.83. The maximum atomic E-state index is 12.6. The Hall–Kier alpha value is -3.52. The molecule has 1 aliphatic heterocycles. The average Bonchev–Trinajstić information content (AvgIpc) is 3.08. The van der Waals surface area contributed by atoms with Gasteiger partial charge in [0.25, 0.3) is 5.91 Å². The van der Waals surface area contributed by atoms with Crippen molar-refractivity contribution in [3.05, 3.63) is 75.9 Å². The molecule has 2 aromatic rings. The predicted octanol–water partition coefficient (Wildman–Crippen LogP) is 4.41. The molecule has 0 bridgehead atoms. The lowest BCUT2D eigenvalue weighted by molar-refractivity contribution is -0.138. The maximum Gasteiger partial charge on any atom is 0.344 e. The van der Waals surface area contributed by atoms with Gasteiger partial charge in [0.15, 0.2) is 0 Å². The number of aliphatic hydroxyl groups excluding tert-OH is 1. The molecule has 0 aromatic heterocycles. The second-order valence-electron chi connectivity index (χ2n) is 6.25. The molecule has 0 saturated carbocycles. The Morgan fingerprint density at radius 2 is 1.84 bits per heavy atom. The number of hydrogen-bond acceptors (Lipinski definition) is 7. The summed E-state index contributed by atoms with van der Waals surface area (Å²) in [6.45, 7) is 1.77. The lowest BCUT2D eigenvalue weighted by Gasteiger charge is -2.08. The van der Waals surface area contributed by atoms with E-state index in [0.29, 0.717) is 27.5 Å². The van der Waals surface area contributed by atoms with E-state index in [2.05, 4.69) is 4.99 Å². The zero-order valence-electron chi connectivity index (χ0n) is 17.2. The van der Waals surface area contributed by atoms with Gasteiger partial charge in [-0.25, -0.2) is 9.79 Å². The summed E-state index contributed by atoms with van der Waals surface area (Å²) in [6.07, 6.45) is 1.64. The molecule has 0 radical (unpaired) electrons. The maximum absolute atomic E-state index is 12.6. The number of carbonyl (C=O) groups is 2. The van der Waals surface area contributed by atoms with Crippen LogP contribution in [0.5, 0.6) is 11.5 Å². The average molecular weight is 439 g/mol. The standard InChI is InChI=1S/C23H21NO6S/c1-4-30-23(27)19-20(25)18(13-15-12-16(28-2)10-11-17(15)29-3)31-22(19)24-21(26)14-8-6-5-7-9-14/h5-13,25H,4H2,1-3H3/b18-13-,24-22?. The molecule has 1 N–H and O–H groups in total. The number of carbonyl (C=O) groups excluding carboxylic acids is 2. The normalized spacial score (nSPS) is 16.0. The van der Waals surface area contributed by atoms with Crippen LogP contribution in [0.2, 0.25) is 0 Å². The number of hydrogen-bond donors (Lipinski definition) is 1. The molecule has 0 spiro atoms. The summed E-state index contributed by atoms with van der Waals surface area (Å²) in [5.74, 6) is -0.457. The van der Waals surface area contributed by atoms with Crippen LogP contribution < -0.4 is 9.47 Å². The summed E-state index contributed by atoms with van der Waals surface area (Å²) in [6, 6.07) is 13.7. The Balaban J connectivity index is 2.06. The second kappa shape index (κ2) is 9.99. The minimum atomic E-state index is -0.756. The zero-order valence-corrected chi connectivity index (χ0v) is 18.1. The molecule has 1 aliphatic rings. The van der Waals surface area contributed by atoms with Crippen molar-refractivity contribution in [2.24, 2.45) is 4.99 Å². The summed E-state index contributed by atoms with van der Waals surface area (Å²) in [5.41, 5.74) is 0.837. The minimum Gasteiger partial charge on any atom is -0.506 e. The van der Waals surface area contributed by atoms with Crippen molar-refractivity contribution in [2.45, 2.75) is 6.92 Å². The van der Waals surface area contributed by atoms with E-state index >= 15 is 0 Å². The number of rotatable bonds is 6. The lowest BCUT2D eigenvalue weighted by atomic mass is 10.1. The molecule has 1 heterocycles. The predicted molar refractivity (Wildman–Crippen MR) is 120 cm³/mol. The number of ether oxygens (including phenoxy) is 3. The second-order valence-corrected chi connectivity index (χ2v) is 7.28. The SMILES string of the molecule is CCOC(=O)C1=C(O)/C(=C/c2cc(OC)ccc2OC)SC1=NC(=O)c1ccccc1. The molecule has 3 rings (SSSR count). The Labute approximate surface area is 184 Å². The third kappa shape index (κ3) is 4.97. The third-order valence-corrected chi connectivity index (χ3v) is 5.34. The van der Waals surface area contributed by atoms with E-state index < -0.39 is 11.9 Å². The lowest BCUT2D eigenvalue weighted by Crippen LogP contribution is -2.14. The number of nitrogens with zero attached hydrogens (tertiary/aromatic N) is 1. The number of benzene rings is 2. The molecule has 0 saturated heterocycles. The highest BCUT2D eigenvalue weighted by Gasteiger charge is 2.34. The van der Waals surface area contributed by atoms with Gasteiger partial charge >= 0.3 is 5.97 Å². The van der Waals surface area contributed by atoms with Crippen LogP contribution in [-0.4, -0.2) is 42.9 Å². The van der Waals surface area contributed by atoms with Gasteiger partial charge in [-0.15, -0.1) is 0 Å². The number of esters is 1. The van der Waals surface area contributed by atoms with E-state index in [1.807, 2.05) is 0 Å². The molecule has 31 heavy (non-hydrogen) atoms. The molecule has 0 aliphatic carbocycles. The van der Waals surface area contributed by atoms with Crippen molar-refractivity contribution in [2.75, 3.05) is 20.8 Å². The first-order valence-corrected chi connectivity index (χ1v) is 10.2. The van der Waals surface area contributed by atoms with Gasteiger partial charge in [-0.05, 0) is 43.3 Å². The van der Waals surface area contributed by atoms with Crippen LogP contribution in [-0.2, 0) is 9.53 Å². The Morgan fingerprint density at radius 3 is 2.48 bits per heavy atom. The Bertz CT molecular complexity index is 1090. The molecular weight excluding hydrogens is 418 g/mol. The van der Waals surface area contributed by atoms with Crippen molar-refractivity contribution in [1.82, 2.24) is 0 Å². The van der Waals surface area contributed by atoms with Gasteiger partial charge in [-0.1, -0.05) is 30.0 Å². The fraction of sp³-hybridized carbons (Fsp3) is 0.174. The number of aliphatic hydroxyl groups is 1. The molecule has 1 amide bonds. The van der Waals surface area contributed by atoms with Gasteiger partial charge in [0, 0.05) is 11.1 Å². The van der Waals surface area contributed by atoms with E-state index in [1.165, 1.54) is 7.11 Å². The highest BCUT2D eigenvalue weighted by molar-refractivity contribution is 8.18. The fourth-order valence-electron chi connectivity index (χ4n) is 2.82. The largest absolute Gasteiger partial charge is 0.506 e. The van der Waals surface area contributed by atoms with Gasteiger partial charge in [0.2, 0.25) is 0 Å². The number of methoxy groups -OCH3 is 2. The summed E-state index contributed by atoms with van der Waals surface area (Å²) >= 11 is 1.00. The van der Waals surface area contributed by atoms with E-state index in [9.17, 15) is 14.7 Å². The molecule has 0 atom stereocenters.